The minimum absolute atomic E-state index is 0.00111. The van der Waals surface area contributed by atoms with Gasteiger partial charge in [-0.05, 0) is 93.1 Å². The Labute approximate surface area is 337 Å². The second kappa shape index (κ2) is 15.8. The molecule has 0 saturated heterocycles. The van der Waals surface area contributed by atoms with Gasteiger partial charge in [0, 0.05) is 24.3 Å². The van der Waals surface area contributed by atoms with Crippen LogP contribution in [0.5, 0.6) is 0 Å². The topological polar surface area (TPSA) is 209 Å². The lowest BCUT2D eigenvalue weighted by Gasteiger charge is -2.15. The van der Waals surface area contributed by atoms with Gasteiger partial charge in [-0.1, -0.05) is 60.7 Å². The number of benzene rings is 4. The number of rotatable bonds is 13. The van der Waals surface area contributed by atoms with Crippen LogP contribution in [0, 0.1) is 47.9 Å². The van der Waals surface area contributed by atoms with E-state index in [9.17, 15) is 20.2 Å². The summed E-state index contributed by atoms with van der Waals surface area (Å²) in [6, 6.07) is 24.6. The number of nitrogens with zero attached hydrogens (tertiary/aromatic N) is 14. The lowest BCUT2D eigenvalue weighted by atomic mass is 10.1. The van der Waals surface area contributed by atoms with Crippen LogP contribution in [0.25, 0.3) is 34.2 Å². The molecule has 0 fully saturated rings. The molecule has 0 aliphatic heterocycles. The highest BCUT2D eigenvalue weighted by Crippen LogP contribution is 2.46. The first kappa shape index (κ1) is 37.8. The van der Waals surface area contributed by atoms with Crippen LogP contribution in [0.4, 0.5) is 11.4 Å². The number of tetrazole rings is 2. The molecule has 0 aliphatic rings. The number of para-hydroxylation sites is 2. The van der Waals surface area contributed by atoms with Crippen LogP contribution in [0.3, 0.4) is 0 Å². The van der Waals surface area contributed by atoms with Crippen molar-refractivity contribution in [3.05, 3.63) is 151 Å². The summed E-state index contributed by atoms with van der Waals surface area (Å²) < 4.78 is 3.76. The summed E-state index contributed by atoms with van der Waals surface area (Å²) in [7, 11) is 2.89. The van der Waals surface area contributed by atoms with E-state index in [0.717, 1.165) is 54.8 Å². The molecule has 0 aliphatic carbocycles. The van der Waals surface area contributed by atoms with E-state index in [1.54, 1.807) is 36.7 Å². The zero-order valence-electron chi connectivity index (χ0n) is 31.4. The molecule has 0 radical (unpaired) electrons. The van der Waals surface area contributed by atoms with Crippen molar-refractivity contribution < 1.29 is 9.85 Å². The average Bonchev–Trinajstić information content (AvgIpc) is 4.02. The smallest absolute Gasteiger partial charge is 0.258 e. The third-order valence-electron chi connectivity index (χ3n) is 9.28. The van der Waals surface area contributed by atoms with Crippen molar-refractivity contribution in [3.63, 3.8) is 0 Å². The molecule has 4 heterocycles. The van der Waals surface area contributed by atoms with E-state index >= 15 is 0 Å². The predicted octanol–water partition coefficient (Wildman–Crippen LogP) is 7.31. The maximum absolute atomic E-state index is 11.2. The van der Waals surface area contributed by atoms with Gasteiger partial charge in [-0.2, -0.15) is 19.8 Å². The van der Waals surface area contributed by atoms with Gasteiger partial charge in [0.2, 0.25) is 11.6 Å². The van der Waals surface area contributed by atoms with Gasteiger partial charge in [-0.3, -0.25) is 20.2 Å². The SMILES string of the molecule is Cc1cccc(C)c1-n1ncc(-c2nnn(Cc3ccc([N+](=O)[O-])cc3)n2)c1SSc1c(-c2nnn(Cc3ccc([N+](=O)[O-])cc3)n2)cnn1-c1c(C)cccc1C. The van der Waals surface area contributed by atoms with Crippen LogP contribution < -0.4 is 0 Å². The molecule has 0 unspecified atom stereocenters. The van der Waals surface area contributed by atoms with Crippen molar-refractivity contribution in [1.82, 2.24) is 60.0 Å². The second-order valence-corrected chi connectivity index (χ2v) is 15.4. The van der Waals surface area contributed by atoms with Gasteiger partial charge < -0.3 is 0 Å². The third kappa shape index (κ3) is 7.56. The molecule has 4 aromatic carbocycles. The van der Waals surface area contributed by atoms with Gasteiger partial charge in [0.05, 0.1) is 57.8 Å². The molecule has 4 aromatic heterocycles. The minimum Gasteiger partial charge on any atom is -0.258 e. The first-order valence-electron chi connectivity index (χ1n) is 17.7. The molecule has 0 saturated carbocycles. The van der Waals surface area contributed by atoms with Gasteiger partial charge in [-0.25, -0.2) is 9.36 Å². The molecule has 0 atom stereocenters. The van der Waals surface area contributed by atoms with Crippen LogP contribution in [0.2, 0.25) is 0 Å². The van der Waals surface area contributed by atoms with Crippen LogP contribution in [0.15, 0.2) is 107 Å². The number of aromatic nitrogens is 12. The maximum Gasteiger partial charge on any atom is 0.269 e. The lowest BCUT2D eigenvalue weighted by molar-refractivity contribution is -0.385. The summed E-state index contributed by atoms with van der Waals surface area (Å²) in [5, 5.41) is 60.3. The Morgan fingerprint density at radius 3 is 1.26 bits per heavy atom. The Bertz CT molecular complexity index is 2580. The van der Waals surface area contributed by atoms with Gasteiger partial charge in [0.1, 0.15) is 10.1 Å². The van der Waals surface area contributed by atoms with Crippen molar-refractivity contribution in [2.24, 2.45) is 0 Å². The molecular formula is C38H32N14O4S2. The number of nitro benzene ring substituents is 2. The highest BCUT2D eigenvalue weighted by atomic mass is 33.1. The molecular weight excluding hydrogens is 781 g/mol. The van der Waals surface area contributed by atoms with Crippen molar-refractivity contribution >= 4 is 33.0 Å². The highest BCUT2D eigenvalue weighted by Gasteiger charge is 2.26. The zero-order valence-corrected chi connectivity index (χ0v) is 33.0. The molecule has 8 aromatic rings. The van der Waals surface area contributed by atoms with E-state index in [4.69, 9.17) is 20.4 Å². The van der Waals surface area contributed by atoms with E-state index in [1.165, 1.54) is 55.4 Å². The maximum atomic E-state index is 11.2. The van der Waals surface area contributed by atoms with Gasteiger partial charge >= 0.3 is 0 Å². The molecule has 18 nitrogen and oxygen atoms in total. The molecule has 20 heteroatoms. The molecule has 0 spiro atoms. The predicted molar refractivity (Wildman–Crippen MR) is 216 cm³/mol. The Kier molecular flexibility index (Phi) is 10.3. The van der Waals surface area contributed by atoms with Gasteiger partial charge in [0.15, 0.2) is 0 Å². The summed E-state index contributed by atoms with van der Waals surface area (Å²) in [6.45, 7) is 8.63. The van der Waals surface area contributed by atoms with E-state index in [1.807, 2.05) is 73.5 Å². The van der Waals surface area contributed by atoms with E-state index in [2.05, 4.69) is 20.6 Å². The summed E-state index contributed by atoms with van der Waals surface area (Å²) in [5.41, 5.74) is 8.73. The quantitative estimate of drug-likeness (QED) is 0.0635. The number of hydrogen-bond acceptors (Lipinski definition) is 14. The Morgan fingerprint density at radius 2 is 0.914 bits per heavy atom. The van der Waals surface area contributed by atoms with Crippen molar-refractivity contribution in [1.29, 1.82) is 0 Å². The average molecular weight is 813 g/mol. The van der Waals surface area contributed by atoms with Crippen LogP contribution in [0.1, 0.15) is 33.4 Å². The third-order valence-corrected chi connectivity index (χ3v) is 11.7. The van der Waals surface area contributed by atoms with Crippen molar-refractivity contribution in [2.75, 3.05) is 0 Å². The van der Waals surface area contributed by atoms with Crippen LogP contribution >= 0.6 is 21.6 Å². The Balaban J connectivity index is 1.17. The highest BCUT2D eigenvalue weighted by molar-refractivity contribution is 8.76. The number of hydrogen-bond donors (Lipinski definition) is 0. The summed E-state index contributed by atoms with van der Waals surface area (Å²) in [5.74, 6) is 0.698. The normalized spacial score (nSPS) is 11.3. The number of non-ortho nitro benzene ring substituents is 2. The molecule has 0 bridgehead atoms. The standard InChI is InChI=1S/C38H32N14O4S2/c1-23-7-5-8-24(2)33(23)49-37(31(19-39-49)35-41-45-47(43-35)21-27-11-15-29(16-12-27)51(53)54)57-58-38-32(20-40-50(38)34-25(3)9-6-10-26(34)4)36-42-46-48(44-36)22-28-13-17-30(18-14-28)52(55)56/h5-20H,21-22H2,1-4H3. The molecule has 0 amide bonds. The fourth-order valence-corrected chi connectivity index (χ4v) is 8.91. The van der Waals surface area contributed by atoms with E-state index in [-0.39, 0.29) is 24.5 Å². The zero-order chi connectivity index (χ0) is 40.5. The Hall–Kier alpha value is -7.06. The van der Waals surface area contributed by atoms with Crippen molar-refractivity contribution in [2.45, 2.75) is 50.8 Å². The number of aryl methyl sites for hydroxylation is 4. The molecule has 290 valence electrons. The van der Waals surface area contributed by atoms with Crippen molar-refractivity contribution in [3.8, 4) is 34.2 Å². The first-order valence-corrected chi connectivity index (χ1v) is 19.9. The molecule has 58 heavy (non-hydrogen) atoms. The van der Waals surface area contributed by atoms with Gasteiger partial charge in [0.25, 0.3) is 11.4 Å². The van der Waals surface area contributed by atoms with Gasteiger partial charge in [-0.15, -0.1) is 20.4 Å². The van der Waals surface area contributed by atoms with Crippen LogP contribution in [-0.2, 0) is 13.1 Å². The van der Waals surface area contributed by atoms with E-state index in [0.29, 0.717) is 22.8 Å². The second-order valence-electron chi connectivity index (χ2n) is 13.3. The monoisotopic (exact) mass is 812 g/mol. The fourth-order valence-electron chi connectivity index (χ4n) is 6.43. The fraction of sp³-hybridized carbons (Fsp3) is 0.158. The van der Waals surface area contributed by atoms with E-state index < -0.39 is 9.85 Å². The minimum atomic E-state index is -0.441. The van der Waals surface area contributed by atoms with Crippen LogP contribution in [-0.4, -0.2) is 69.8 Å². The first-order chi connectivity index (χ1) is 28.0. The Morgan fingerprint density at radius 1 is 0.552 bits per heavy atom. The number of nitro groups is 2. The molecule has 0 N–H and O–H groups in total. The summed E-state index contributed by atoms with van der Waals surface area (Å²) in [4.78, 5) is 24.3. The lowest BCUT2D eigenvalue weighted by Crippen LogP contribution is -2.05. The largest absolute Gasteiger partial charge is 0.269 e. The summed E-state index contributed by atoms with van der Waals surface area (Å²) >= 11 is 0. The molecule has 8 rings (SSSR count). The summed E-state index contributed by atoms with van der Waals surface area (Å²) in [6.07, 6.45) is 3.44.